The molecule has 0 radical (unpaired) electrons. The molecule has 0 fully saturated rings. The maximum absolute atomic E-state index is 10.8. The molecule has 0 saturated carbocycles. The van der Waals surface area contributed by atoms with Gasteiger partial charge >= 0.3 is 11.9 Å². The predicted molar refractivity (Wildman–Crippen MR) is 79.6 cm³/mol. The number of fused-ring (bicyclic) bond motifs is 1. The van der Waals surface area contributed by atoms with Gasteiger partial charge in [-0.05, 0) is 29.1 Å². The van der Waals surface area contributed by atoms with Crippen molar-refractivity contribution in [2.75, 3.05) is 0 Å². The molecule has 0 atom stereocenters. The molecule has 0 aliphatic heterocycles. The third-order valence-electron chi connectivity index (χ3n) is 2.54. The summed E-state index contributed by atoms with van der Waals surface area (Å²) in [4.78, 5) is 22.3. The lowest BCUT2D eigenvalue weighted by Gasteiger charge is -1.98. The molecule has 0 unspecified atom stereocenters. The average Bonchev–Trinajstić information content (AvgIpc) is 2.82. The maximum atomic E-state index is 10.8. The van der Waals surface area contributed by atoms with E-state index in [0.29, 0.717) is 5.56 Å². The summed E-state index contributed by atoms with van der Waals surface area (Å²) < 4.78 is 21.7. The van der Waals surface area contributed by atoms with E-state index in [2.05, 4.69) is 4.98 Å². The summed E-state index contributed by atoms with van der Waals surface area (Å²) in [7, 11) is -3.44. The number of aliphatic carboxylic acids is 2. The van der Waals surface area contributed by atoms with Crippen LogP contribution in [0.3, 0.4) is 0 Å². The SMILES string of the molecule is NS(=O)(=O)Cc1ccc2[nH]ccc2c1.O=C(O)CCC(=O)O. The van der Waals surface area contributed by atoms with Crippen LogP contribution in [0.2, 0.25) is 0 Å². The van der Waals surface area contributed by atoms with Crippen molar-refractivity contribution in [3.05, 3.63) is 36.0 Å². The minimum Gasteiger partial charge on any atom is -0.481 e. The number of rotatable bonds is 5. The van der Waals surface area contributed by atoms with Gasteiger partial charge in [-0.3, -0.25) is 9.59 Å². The number of H-pyrrole nitrogens is 1. The van der Waals surface area contributed by atoms with Crippen LogP contribution in [0.5, 0.6) is 0 Å². The van der Waals surface area contributed by atoms with Crippen LogP contribution in [-0.2, 0) is 25.4 Å². The third-order valence-corrected chi connectivity index (χ3v) is 3.27. The van der Waals surface area contributed by atoms with Gasteiger partial charge in [0.1, 0.15) is 0 Å². The molecule has 0 saturated heterocycles. The van der Waals surface area contributed by atoms with Gasteiger partial charge in [-0.25, -0.2) is 13.6 Å². The normalized spacial score (nSPS) is 10.8. The Hall–Kier alpha value is -2.39. The van der Waals surface area contributed by atoms with E-state index >= 15 is 0 Å². The highest BCUT2D eigenvalue weighted by atomic mass is 32.2. The first-order valence-electron chi connectivity index (χ1n) is 6.17. The number of nitrogens with one attached hydrogen (secondary N) is 1. The molecule has 1 heterocycles. The molecule has 2 rings (SSSR count). The van der Waals surface area contributed by atoms with Crippen molar-refractivity contribution in [3.63, 3.8) is 0 Å². The van der Waals surface area contributed by atoms with Gasteiger partial charge in [-0.1, -0.05) is 6.07 Å². The fourth-order valence-corrected chi connectivity index (χ4v) is 2.28. The summed E-state index contributed by atoms with van der Waals surface area (Å²) in [6.45, 7) is 0. The minimum atomic E-state index is -3.44. The monoisotopic (exact) mass is 328 g/mol. The lowest BCUT2D eigenvalue weighted by atomic mass is 10.2. The van der Waals surface area contributed by atoms with Crippen LogP contribution in [0.25, 0.3) is 10.9 Å². The lowest BCUT2D eigenvalue weighted by Crippen LogP contribution is -2.14. The quantitative estimate of drug-likeness (QED) is 0.640. The van der Waals surface area contributed by atoms with E-state index in [4.69, 9.17) is 15.4 Å². The van der Waals surface area contributed by atoms with Crippen LogP contribution in [0.15, 0.2) is 30.5 Å². The highest BCUT2D eigenvalue weighted by Gasteiger charge is 2.05. The van der Waals surface area contributed by atoms with Gasteiger partial charge in [0, 0.05) is 11.7 Å². The van der Waals surface area contributed by atoms with Crippen LogP contribution in [0, 0.1) is 0 Å². The van der Waals surface area contributed by atoms with Crippen LogP contribution < -0.4 is 5.14 Å². The van der Waals surface area contributed by atoms with Crippen LogP contribution in [0.4, 0.5) is 0 Å². The Labute approximate surface area is 126 Å². The standard InChI is InChI=1S/C9H10N2O2S.C4H6O4/c10-14(12,13)6-7-1-2-9-8(5-7)3-4-11-9;5-3(6)1-2-4(7)8/h1-5,11H,6H2,(H2,10,12,13);1-2H2,(H,5,6)(H,7,8). The number of primary sulfonamides is 1. The molecular weight excluding hydrogens is 312 g/mol. The van der Waals surface area contributed by atoms with Crippen molar-refractivity contribution in [2.45, 2.75) is 18.6 Å². The van der Waals surface area contributed by atoms with Crippen molar-refractivity contribution in [1.82, 2.24) is 4.98 Å². The molecular formula is C13H16N2O6S. The van der Waals surface area contributed by atoms with Crippen molar-refractivity contribution in [3.8, 4) is 0 Å². The molecule has 9 heteroatoms. The zero-order valence-corrected chi connectivity index (χ0v) is 12.3. The van der Waals surface area contributed by atoms with Crippen molar-refractivity contribution in [2.24, 2.45) is 5.14 Å². The zero-order chi connectivity index (χ0) is 16.8. The third kappa shape index (κ3) is 6.86. The summed E-state index contributed by atoms with van der Waals surface area (Å²) in [6.07, 6.45) is 1.22. The zero-order valence-electron chi connectivity index (χ0n) is 11.5. The van der Waals surface area contributed by atoms with Gasteiger partial charge in [-0.15, -0.1) is 0 Å². The highest BCUT2D eigenvalue weighted by molar-refractivity contribution is 7.88. The Kier molecular flexibility index (Phi) is 6.08. The number of hydrogen-bond donors (Lipinski definition) is 4. The molecule has 8 nitrogen and oxygen atoms in total. The fraction of sp³-hybridized carbons (Fsp3) is 0.231. The molecule has 5 N–H and O–H groups in total. The van der Waals surface area contributed by atoms with Gasteiger partial charge in [0.15, 0.2) is 0 Å². The predicted octanol–water partition coefficient (Wildman–Crippen LogP) is 0.892. The summed E-state index contributed by atoms with van der Waals surface area (Å²) in [5.41, 5.74) is 1.70. The summed E-state index contributed by atoms with van der Waals surface area (Å²) in [6, 6.07) is 7.30. The largest absolute Gasteiger partial charge is 0.481 e. The number of carboxylic acid groups (broad SMARTS) is 2. The van der Waals surface area contributed by atoms with Crippen molar-refractivity contribution in [1.29, 1.82) is 0 Å². The number of aromatic amines is 1. The van der Waals surface area contributed by atoms with E-state index in [1.807, 2.05) is 24.4 Å². The number of carbonyl (C=O) groups is 2. The Morgan fingerprint density at radius 1 is 1.09 bits per heavy atom. The second kappa shape index (κ2) is 7.57. The summed E-state index contributed by atoms with van der Waals surface area (Å²) in [5.74, 6) is -2.27. The number of hydrogen-bond acceptors (Lipinski definition) is 4. The Morgan fingerprint density at radius 3 is 2.18 bits per heavy atom. The Morgan fingerprint density at radius 2 is 1.68 bits per heavy atom. The first-order valence-corrected chi connectivity index (χ1v) is 7.89. The molecule has 1 aromatic carbocycles. The molecule has 22 heavy (non-hydrogen) atoms. The van der Waals surface area contributed by atoms with E-state index in [9.17, 15) is 18.0 Å². The molecule has 0 bridgehead atoms. The molecule has 1 aromatic heterocycles. The van der Waals surface area contributed by atoms with Gasteiger partial charge in [0.05, 0.1) is 18.6 Å². The lowest BCUT2D eigenvalue weighted by molar-refractivity contribution is -0.143. The molecule has 0 spiro atoms. The number of aromatic nitrogens is 1. The molecule has 2 aromatic rings. The number of nitrogens with two attached hydrogens (primary N) is 1. The van der Waals surface area contributed by atoms with E-state index in [1.165, 1.54) is 0 Å². The smallest absolute Gasteiger partial charge is 0.303 e. The van der Waals surface area contributed by atoms with Gasteiger partial charge in [-0.2, -0.15) is 0 Å². The Bertz CT molecular complexity index is 752. The number of benzene rings is 1. The minimum absolute atomic E-state index is 0.117. The van der Waals surface area contributed by atoms with E-state index in [1.54, 1.807) is 6.07 Å². The first-order chi connectivity index (χ1) is 10.2. The van der Waals surface area contributed by atoms with Crippen molar-refractivity contribution < 1.29 is 28.2 Å². The first kappa shape index (κ1) is 17.7. The van der Waals surface area contributed by atoms with Crippen LogP contribution in [-0.4, -0.2) is 35.6 Å². The average molecular weight is 328 g/mol. The molecule has 0 amide bonds. The van der Waals surface area contributed by atoms with Gasteiger partial charge < -0.3 is 15.2 Å². The van der Waals surface area contributed by atoms with E-state index < -0.39 is 22.0 Å². The second-order valence-corrected chi connectivity index (χ2v) is 6.11. The van der Waals surface area contributed by atoms with Gasteiger partial charge in [0.2, 0.25) is 10.0 Å². The fourth-order valence-electron chi connectivity index (χ4n) is 1.64. The van der Waals surface area contributed by atoms with E-state index in [0.717, 1.165) is 10.9 Å². The molecule has 0 aliphatic rings. The molecule has 0 aliphatic carbocycles. The maximum Gasteiger partial charge on any atom is 0.303 e. The summed E-state index contributed by atoms with van der Waals surface area (Å²) >= 11 is 0. The number of carboxylic acids is 2. The highest BCUT2D eigenvalue weighted by Crippen LogP contribution is 2.15. The van der Waals surface area contributed by atoms with Crippen LogP contribution in [0.1, 0.15) is 18.4 Å². The van der Waals surface area contributed by atoms with Gasteiger partial charge in [0.25, 0.3) is 0 Å². The summed E-state index contributed by atoms with van der Waals surface area (Å²) in [5, 5.41) is 21.7. The second-order valence-electron chi connectivity index (χ2n) is 4.49. The number of sulfonamides is 1. The molecule has 120 valence electrons. The van der Waals surface area contributed by atoms with Crippen LogP contribution >= 0.6 is 0 Å². The van der Waals surface area contributed by atoms with E-state index in [-0.39, 0.29) is 18.6 Å². The Balaban J connectivity index is 0.000000261. The van der Waals surface area contributed by atoms with Crippen molar-refractivity contribution >= 4 is 32.9 Å². The topological polar surface area (TPSA) is 151 Å².